The number of aromatic hydroxyl groups is 1. The average molecular weight is 387 g/mol. The van der Waals surface area contributed by atoms with Gasteiger partial charge in [0.05, 0.1) is 11.6 Å². The first-order chi connectivity index (χ1) is 12.8. The molecule has 1 aliphatic rings. The molecular formula is C22H30N2O2S. The molecule has 0 radical (unpaired) electrons. The van der Waals surface area contributed by atoms with Crippen molar-refractivity contribution in [2.45, 2.75) is 51.1 Å². The Labute approximate surface area is 166 Å². The Kier molecular flexibility index (Phi) is 5.63. The predicted molar refractivity (Wildman–Crippen MR) is 112 cm³/mol. The zero-order valence-corrected chi connectivity index (χ0v) is 17.7. The van der Waals surface area contributed by atoms with Crippen molar-refractivity contribution in [1.29, 1.82) is 0 Å². The Morgan fingerprint density at radius 3 is 2.78 bits per heavy atom. The molecule has 1 aromatic carbocycles. The number of likely N-dealkylation sites (N-methyl/N-ethyl adjacent to an activating group) is 2. The molecule has 1 saturated heterocycles. The third-order valence-corrected chi connectivity index (χ3v) is 7.07. The first-order valence-corrected chi connectivity index (χ1v) is 10.6. The van der Waals surface area contributed by atoms with Crippen molar-refractivity contribution in [3.05, 3.63) is 51.7 Å². The number of amides is 1. The van der Waals surface area contributed by atoms with Gasteiger partial charge in [-0.05, 0) is 68.1 Å². The van der Waals surface area contributed by atoms with Crippen LogP contribution in [0.4, 0.5) is 0 Å². The van der Waals surface area contributed by atoms with Gasteiger partial charge in [0, 0.05) is 23.9 Å². The quantitative estimate of drug-likeness (QED) is 0.859. The van der Waals surface area contributed by atoms with E-state index in [1.54, 1.807) is 17.4 Å². The molecule has 3 atom stereocenters. The summed E-state index contributed by atoms with van der Waals surface area (Å²) < 4.78 is 0. The van der Waals surface area contributed by atoms with E-state index in [2.05, 4.69) is 32.7 Å². The first kappa shape index (κ1) is 19.9. The monoisotopic (exact) mass is 386 g/mol. The lowest BCUT2D eigenvalue weighted by Gasteiger charge is -2.53. The summed E-state index contributed by atoms with van der Waals surface area (Å²) in [6, 6.07) is 7.81. The molecule has 27 heavy (non-hydrogen) atoms. The number of carbonyl (C=O) groups excluding carboxylic acids is 1. The van der Waals surface area contributed by atoms with Gasteiger partial charge in [0.25, 0.3) is 5.91 Å². The van der Waals surface area contributed by atoms with Crippen molar-refractivity contribution < 1.29 is 9.90 Å². The molecule has 4 nitrogen and oxygen atoms in total. The number of nitrogens with zero attached hydrogens (tertiary/aromatic N) is 2. The van der Waals surface area contributed by atoms with Gasteiger partial charge in [-0.3, -0.25) is 4.79 Å². The lowest BCUT2D eigenvalue weighted by atomic mass is 9.66. The molecule has 0 spiro atoms. The van der Waals surface area contributed by atoms with E-state index in [1.165, 1.54) is 11.1 Å². The maximum absolute atomic E-state index is 13.2. The lowest BCUT2D eigenvalue weighted by Crippen LogP contribution is -2.63. The second-order valence-electron chi connectivity index (χ2n) is 7.96. The number of rotatable bonds is 4. The fourth-order valence-corrected chi connectivity index (χ4v) is 5.33. The highest BCUT2D eigenvalue weighted by atomic mass is 32.1. The molecule has 0 saturated carbocycles. The summed E-state index contributed by atoms with van der Waals surface area (Å²) in [4.78, 5) is 17.4. The molecule has 0 aliphatic carbocycles. The van der Waals surface area contributed by atoms with E-state index in [-0.39, 0.29) is 23.4 Å². The predicted octanol–water partition coefficient (Wildman–Crippen LogP) is 4.14. The lowest BCUT2D eigenvalue weighted by molar-refractivity contribution is 0.0184. The molecule has 1 N–H and O–H groups in total. The first-order valence-electron chi connectivity index (χ1n) is 9.61. The van der Waals surface area contributed by atoms with E-state index >= 15 is 0 Å². The largest absolute Gasteiger partial charge is 0.508 e. The summed E-state index contributed by atoms with van der Waals surface area (Å²) in [6.07, 6.45) is 1.85. The van der Waals surface area contributed by atoms with Gasteiger partial charge in [0.1, 0.15) is 5.75 Å². The number of hydrogen-bond donors (Lipinski definition) is 1. The minimum atomic E-state index is -0.226. The highest BCUT2D eigenvalue weighted by Gasteiger charge is 2.48. The summed E-state index contributed by atoms with van der Waals surface area (Å²) in [7, 11) is 4.05. The van der Waals surface area contributed by atoms with E-state index in [9.17, 15) is 9.90 Å². The maximum atomic E-state index is 13.2. The highest BCUT2D eigenvalue weighted by Crippen LogP contribution is 2.43. The molecular weight excluding hydrogens is 356 g/mol. The molecule has 1 fully saturated rings. The minimum absolute atomic E-state index is 0.00995. The molecule has 2 heterocycles. The molecule has 146 valence electrons. The van der Waals surface area contributed by atoms with Crippen molar-refractivity contribution >= 4 is 17.2 Å². The molecule has 1 aromatic heterocycles. The summed E-state index contributed by atoms with van der Waals surface area (Å²) in [5.74, 6) is 0.355. The van der Waals surface area contributed by atoms with Gasteiger partial charge in [-0.15, -0.1) is 0 Å². The van der Waals surface area contributed by atoms with Crippen molar-refractivity contribution in [2.75, 3.05) is 20.6 Å². The van der Waals surface area contributed by atoms with Gasteiger partial charge in [0.15, 0.2) is 0 Å². The van der Waals surface area contributed by atoms with Gasteiger partial charge >= 0.3 is 0 Å². The van der Waals surface area contributed by atoms with Gasteiger partial charge < -0.3 is 14.9 Å². The van der Waals surface area contributed by atoms with Gasteiger partial charge in [-0.25, -0.2) is 0 Å². The van der Waals surface area contributed by atoms with Gasteiger partial charge in [-0.2, -0.15) is 11.3 Å². The van der Waals surface area contributed by atoms with Crippen molar-refractivity contribution in [3.63, 3.8) is 0 Å². The van der Waals surface area contributed by atoms with Crippen LogP contribution in [-0.4, -0.2) is 53.5 Å². The van der Waals surface area contributed by atoms with Crippen LogP contribution in [0.1, 0.15) is 48.7 Å². The topological polar surface area (TPSA) is 43.8 Å². The van der Waals surface area contributed by atoms with Crippen molar-refractivity contribution in [3.8, 4) is 5.75 Å². The smallest absolute Gasteiger partial charge is 0.254 e. The standard InChI is InChI=1S/C22H30N2O2S/c1-6-16-7-8-18(25)13-19(16)22(3)10-11-23(4)15(2)20(22)24(5)21(26)17-9-12-27-14-17/h7-9,12-15,20,25H,6,10-11H2,1-5H3/t15?,20-,22-/m1/s1. The van der Waals surface area contributed by atoms with Gasteiger partial charge in [-0.1, -0.05) is 19.9 Å². The Morgan fingerprint density at radius 2 is 2.15 bits per heavy atom. The highest BCUT2D eigenvalue weighted by molar-refractivity contribution is 7.08. The Bertz CT molecular complexity index is 805. The van der Waals surface area contributed by atoms with Crippen LogP contribution in [0.25, 0.3) is 0 Å². The van der Waals surface area contributed by atoms with E-state index < -0.39 is 0 Å². The summed E-state index contributed by atoms with van der Waals surface area (Å²) in [5.41, 5.74) is 2.93. The number of phenols is 1. The molecule has 2 aromatic rings. The minimum Gasteiger partial charge on any atom is -0.508 e. The van der Waals surface area contributed by atoms with Gasteiger partial charge in [0.2, 0.25) is 0 Å². The summed E-state index contributed by atoms with van der Waals surface area (Å²) in [5, 5.41) is 14.1. The summed E-state index contributed by atoms with van der Waals surface area (Å²) in [6.45, 7) is 7.57. The number of hydrogen-bond acceptors (Lipinski definition) is 4. The third-order valence-electron chi connectivity index (χ3n) is 6.38. The van der Waals surface area contributed by atoms with E-state index in [4.69, 9.17) is 0 Å². The SMILES string of the molecule is CCc1ccc(O)cc1[C@@]1(C)CCN(C)C(C)[C@H]1N(C)C(=O)c1ccsc1. The number of thiophene rings is 1. The van der Waals surface area contributed by atoms with Crippen LogP contribution in [0.15, 0.2) is 35.0 Å². The molecule has 1 unspecified atom stereocenters. The number of aryl methyl sites for hydroxylation is 1. The molecule has 1 amide bonds. The van der Waals surface area contributed by atoms with E-state index in [0.717, 1.165) is 24.9 Å². The fraction of sp³-hybridized carbons (Fsp3) is 0.500. The number of likely N-dealkylation sites (tertiary alicyclic amines) is 1. The molecule has 3 rings (SSSR count). The van der Waals surface area contributed by atoms with Crippen LogP contribution >= 0.6 is 11.3 Å². The maximum Gasteiger partial charge on any atom is 0.254 e. The van der Waals surface area contributed by atoms with E-state index in [0.29, 0.717) is 5.75 Å². The molecule has 0 bridgehead atoms. The number of benzene rings is 1. The van der Waals surface area contributed by atoms with Crippen LogP contribution in [0.2, 0.25) is 0 Å². The Balaban J connectivity index is 2.09. The average Bonchev–Trinajstić information content (AvgIpc) is 3.19. The zero-order chi connectivity index (χ0) is 19.8. The Morgan fingerprint density at radius 1 is 1.41 bits per heavy atom. The molecule has 5 heteroatoms. The van der Waals surface area contributed by atoms with Crippen LogP contribution in [0.5, 0.6) is 5.75 Å². The normalized spacial score (nSPS) is 26.1. The number of phenolic OH excluding ortho intramolecular Hbond substituents is 1. The van der Waals surface area contributed by atoms with E-state index in [1.807, 2.05) is 40.9 Å². The zero-order valence-electron chi connectivity index (χ0n) is 16.9. The second-order valence-corrected chi connectivity index (χ2v) is 8.74. The van der Waals surface area contributed by atoms with Crippen LogP contribution in [0, 0.1) is 0 Å². The molecule has 1 aliphatic heterocycles. The van der Waals surface area contributed by atoms with Crippen LogP contribution in [-0.2, 0) is 11.8 Å². The number of carbonyl (C=O) groups is 1. The fourth-order valence-electron chi connectivity index (χ4n) is 4.70. The van der Waals surface area contributed by atoms with Crippen molar-refractivity contribution in [2.24, 2.45) is 0 Å². The second kappa shape index (κ2) is 7.64. The summed E-state index contributed by atoms with van der Waals surface area (Å²) >= 11 is 1.55. The van der Waals surface area contributed by atoms with Crippen LogP contribution < -0.4 is 0 Å². The van der Waals surface area contributed by atoms with Crippen LogP contribution in [0.3, 0.4) is 0 Å². The van der Waals surface area contributed by atoms with Crippen molar-refractivity contribution in [1.82, 2.24) is 9.80 Å². The number of piperidine rings is 1. The third kappa shape index (κ3) is 3.50. The Hall–Kier alpha value is -1.85.